The Kier molecular flexibility index (Phi) is 5.94. The van der Waals surface area contributed by atoms with Crippen molar-refractivity contribution in [2.45, 2.75) is 19.6 Å². The van der Waals surface area contributed by atoms with E-state index in [0.717, 1.165) is 16.7 Å². The highest BCUT2D eigenvalue weighted by Crippen LogP contribution is 2.23. The van der Waals surface area contributed by atoms with Crippen molar-refractivity contribution < 1.29 is 9.90 Å². The van der Waals surface area contributed by atoms with E-state index < -0.39 is 6.10 Å². The smallest absolute Gasteiger partial charge is 0.317 e. The van der Waals surface area contributed by atoms with Crippen LogP contribution in [0.1, 0.15) is 18.1 Å². The van der Waals surface area contributed by atoms with Crippen LogP contribution in [-0.2, 0) is 6.54 Å². The molecular weight excluding hydrogens is 302 g/mol. The first-order valence-corrected chi connectivity index (χ1v) is 7.76. The van der Waals surface area contributed by atoms with E-state index in [0.29, 0.717) is 12.1 Å². The summed E-state index contributed by atoms with van der Waals surface area (Å²) in [7, 11) is 1.64. The number of carbonyl (C=O) groups excluding carboxylic acids is 1. The lowest BCUT2D eigenvalue weighted by Crippen LogP contribution is -2.40. The highest BCUT2D eigenvalue weighted by Gasteiger charge is 2.10. The highest BCUT2D eigenvalue weighted by molar-refractivity contribution is 5.74. The zero-order chi connectivity index (χ0) is 17.5. The maximum absolute atomic E-state index is 11.9. The molecular formula is C19H21N3O2. The van der Waals surface area contributed by atoms with Crippen LogP contribution in [-0.4, -0.2) is 35.7 Å². The minimum absolute atomic E-state index is 0.227. The number of benzene rings is 2. The van der Waals surface area contributed by atoms with Crippen LogP contribution < -0.4 is 5.32 Å². The quantitative estimate of drug-likeness (QED) is 0.888. The van der Waals surface area contributed by atoms with Gasteiger partial charge in [-0.05, 0) is 29.7 Å². The van der Waals surface area contributed by atoms with Crippen LogP contribution in [0.3, 0.4) is 0 Å². The lowest BCUT2D eigenvalue weighted by atomic mass is 9.99. The fourth-order valence-electron chi connectivity index (χ4n) is 2.43. The van der Waals surface area contributed by atoms with Gasteiger partial charge in [-0.1, -0.05) is 42.5 Å². The maximum atomic E-state index is 11.9. The van der Waals surface area contributed by atoms with Crippen LogP contribution in [0.15, 0.2) is 48.5 Å². The molecule has 5 nitrogen and oxygen atoms in total. The first-order chi connectivity index (χ1) is 11.5. The van der Waals surface area contributed by atoms with Crippen LogP contribution >= 0.6 is 0 Å². The van der Waals surface area contributed by atoms with E-state index in [4.69, 9.17) is 0 Å². The van der Waals surface area contributed by atoms with Gasteiger partial charge in [0.2, 0.25) is 0 Å². The van der Waals surface area contributed by atoms with Crippen molar-refractivity contribution in [2.24, 2.45) is 0 Å². The Balaban J connectivity index is 2.00. The van der Waals surface area contributed by atoms with E-state index in [-0.39, 0.29) is 12.6 Å². The fraction of sp³-hybridized carbons (Fsp3) is 0.263. The Labute approximate surface area is 142 Å². The first-order valence-electron chi connectivity index (χ1n) is 7.76. The third-order valence-corrected chi connectivity index (χ3v) is 3.64. The molecule has 2 amide bonds. The molecule has 0 aliphatic rings. The van der Waals surface area contributed by atoms with Gasteiger partial charge in [0.1, 0.15) is 0 Å². The topological polar surface area (TPSA) is 76.4 Å². The van der Waals surface area contributed by atoms with Crippen molar-refractivity contribution in [3.05, 3.63) is 59.7 Å². The summed E-state index contributed by atoms with van der Waals surface area (Å²) >= 11 is 0. The fourth-order valence-corrected chi connectivity index (χ4v) is 2.43. The van der Waals surface area contributed by atoms with Crippen molar-refractivity contribution in [1.29, 1.82) is 5.26 Å². The molecule has 124 valence electrons. The van der Waals surface area contributed by atoms with E-state index in [1.165, 1.54) is 4.90 Å². The van der Waals surface area contributed by atoms with E-state index in [9.17, 15) is 15.2 Å². The van der Waals surface area contributed by atoms with Crippen molar-refractivity contribution in [3.63, 3.8) is 0 Å². The highest BCUT2D eigenvalue weighted by atomic mass is 16.3. The predicted octanol–water partition coefficient (Wildman–Crippen LogP) is 2.75. The standard InChI is InChI=1S/C19H21N3O2/c1-14(23)13-22(2)19(24)21-12-15-7-9-16(10-8-15)18-6-4-3-5-17(18)11-20/h3-10,14,23H,12-13H2,1-2H3,(H,21,24). The summed E-state index contributed by atoms with van der Waals surface area (Å²) in [6.45, 7) is 2.33. The van der Waals surface area contributed by atoms with Crippen LogP contribution in [0.2, 0.25) is 0 Å². The third-order valence-electron chi connectivity index (χ3n) is 3.64. The SMILES string of the molecule is CC(O)CN(C)C(=O)NCc1ccc(-c2ccccc2C#N)cc1. The number of carbonyl (C=O) groups is 1. The number of likely N-dealkylation sites (N-methyl/N-ethyl adjacent to an activating group) is 1. The molecule has 1 atom stereocenters. The molecule has 0 aliphatic heterocycles. The lowest BCUT2D eigenvalue weighted by molar-refractivity contribution is 0.143. The molecule has 5 heteroatoms. The Hall–Kier alpha value is -2.84. The number of hydrogen-bond acceptors (Lipinski definition) is 3. The molecule has 24 heavy (non-hydrogen) atoms. The lowest BCUT2D eigenvalue weighted by Gasteiger charge is -2.19. The summed E-state index contributed by atoms with van der Waals surface area (Å²) < 4.78 is 0. The van der Waals surface area contributed by atoms with Crippen LogP contribution in [0.4, 0.5) is 4.79 Å². The Morgan fingerprint density at radius 3 is 2.54 bits per heavy atom. The summed E-state index contributed by atoms with van der Waals surface area (Å²) in [5.74, 6) is 0. The summed E-state index contributed by atoms with van der Waals surface area (Å²) in [5.41, 5.74) is 3.46. The van der Waals surface area contributed by atoms with E-state index in [1.54, 1.807) is 20.0 Å². The molecule has 0 bridgehead atoms. The van der Waals surface area contributed by atoms with Gasteiger partial charge in [0.25, 0.3) is 0 Å². The molecule has 1 unspecified atom stereocenters. The minimum Gasteiger partial charge on any atom is -0.392 e. The van der Waals surface area contributed by atoms with Crippen LogP contribution in [0.25, 0.3) is 11.1 Å². The molecule has 0 aromatic heterocycles. The molecule has 2 rings (SSSR count). The number of aliphatic hydroxyl groups is 1. The largest absolute Gasteiger partial charge is 0.392 e. The van der Waals surface area contributed by atoms with Gasteiger partial charge in [0.15, 0.2) is 0 Å². The summed E-state index contributed by atoms with van der Waals surface area (Å²) in [4.78, 5) is 13.3. The number of amides is 2. The number of rotatable bonds is 5. The number of urea groups is 1. The average molecular weight is 323 g/mol. The van der Waals surface area contributed by atoms with Gasteiger partial charge < -0.3 is 15.3 Å². The number of hydrogen-bond donors (Lipinski definition) is 2. The second-order valence-corrected chi connectivity index (χ2v) is 5.74. The zero-order valence-corrected chi connectivity index (χ0v) is 13.9. The van der Waals surface area contributed by atoms with Crippen molar-refractivity contribution in [3.8, 4) is 17.2 Å². The Morgan fingerprint density at radius 2 is 1.92 bits per heavy atom. The average Bonchev–Trinajstić information content (AvgIpc) is 2.59. The molecule has 0 heterocycles. The third kappa shape index (κ3) is 4.58. The number of nitrogens with one attached hydrogen (secondary N) is 1. The van der Waals surface area contributed by atoms with Crippen LogP contribution in [0, 0.1) is 11.3 Å². The Morgan fingerprint density at radius 1 is 1.25 bits per heavy atom. The number of aliphatic hydroxyl groups excluding tert-OH is 1. The van der Waals surface area contributed by atoms with Gasteiger partial charge in [-0.15, -0.1) is 0 Å². The number of nitrogens with zero attached hydrogens (tertiary/aromatic N) is 2. The molecule has 0 fully saturated rings. The van der Waals surface area contributed by atoms with Gasteiger partial charge >= 0.3 is 6.03 Å². The van der Waals surface area contributed by atoms with Gasteiger partial charge in [-0.3, -0.25) is 0 Å². The van der Waals surface area contributed by atoms with Gasteiger partial charge in [-0.25, -0.2) is 4.79 Å². The molecule has 0 radical (unpaired) electrons. The molecule has 2 aromatic rings. The van der Waals surface area contributed by atoms with Gasteiger partial charge in [0.05, 0.1) is 17.7 Å². The molecule has 0 aliphatic carbocycles. The summed E-state index contributed by atoms with van der Waals surface area (Å²) in [6, 6.07) is 17.2. The van der Waals surface area contributed by atoms with E-state index in [2.05, 4.69) is 11.4 Å². The molecule has 0 saturated carbocycles. The number of nitriles is 1. The minimum atomic E-state index is -0.555. The van der Waals surface area contributed by atoms with Crippen molar-refractivity contribution >= 4 is 6.03 Å². The summed E-state index contributed by atoms with van der Waals surface area (Å²) in [6.07, 6.45) is -0.555. The normalized spacial score (nSPS) is 11.4. The second kappa shape index (κ2) is 8.14. The zero-order valence-electron chi connectivity index (χ0n) is 13.9. The monoisotopic (exact) mass is 323 g/mol. The second-order valence-electron chi connectivity index (χ2n) is 5.74. The van der Waals surface area contributed by atoms with Crippen molar-refractivity contribution in [2.75, 3.05) is 13.6 Å². The first kappa shape index (κ1) is 17.5. The predicted molar refractivity (Wildman–Crippen MR) is 93.1 cm³/mol. The molecule has 2 N–H and O–H groups in total. The van der Waals surface area contributed by atoms with Gasteiger partial charge in [0, 0.05) is 20.1 Å². The van der Waals surface area contributed by atoms with Gasteiger partial charge in [-0.2, -0.15) is 5.26 Å². The summed E-state index contributed by atoms with van der Waals surface area (Å²) in [5, 5.41) is 21.3. The molecule has 0 spiro atoms. The van der Waals surface area contributed by atoms with Crippen LogP contribution in [0.5, 0.6) is 0 Å². The molecule has 2 aromatic carbocycles. The Bertz CT molecular complexity index is 733. The maximum Gasteiger partial charge on any atom is 0.317 e. The molecule has 0 saturated heterocycles. The van der Waals surface area contributed by atoms with E-state index in [1.807, 2.05) is 42.5 Å². The van der Waals surface area contributed by atoms with Crippen molar-refractivity contribution in [1.82, 2.24) is 10.2 Å². The van der Waals surface area contributed by atoms with E-state index >= 15 is 0 Å².